The molecule has 0 nitrogen and oxygen atoms in total. The summed E-state index contributed by atoms with van der Waals surface area (Å²) in [4.78, 5) is 0. The quantitative estimate of drug-likeness (QED) is 0.561. The van der Waals surface area contributed by atoms with E-state index in [0.29, 0.717) is 0 Å². The van der Waals surface area contributed by atoms with Crippen molar-refractivity contribution in [3.63, 3.8) is 0 Å². The first kappa shape index (κ1) is 19.9. The van der Waals surface area contributed by atoms with Crippen LogP contribution in [0.1, 0.15) is 44.4 Å². The van der Waals surface area contributed by atoms with E-state index in [1.54, 1.807) is 12.1 Å². The molecule has 0 atom stereocenters. The molecule has 2 aromatic rings. The molecule has 0 heterocycles. The predicted molar refractivity (Wildman–Crippen MR) is 95.4 cm³/mol. The van der Waals surface area contributed by atoms with Crippen molar-refractivity contribution >= 4 is 15.9 Å². The van der Waals surface area contributed by atoms with Crippen molar-refractivity contribution in [3.05, 3.63) is 69.4 Å². The molecule has 0 N–H and O–H groups in total. The van der Waals surface area contributed by atoms with Gasteiger partial charge in [-0.05, 0) is 60.7 Å². The van der Waals surface area contributed by atoms with Gasteiger partial charge in [0.1, 0.15) is 5.82 Å². The Bertz CT molecular complexity index is 483. The smallest absolute Gasteiger partial charge is 0.123 e. The highest BCUT2D eigenvalue weighted by Gasteiger charge is 1.94. The first-order chi connectivity index (χ1) is 10.0. The van der Waals surface area contributed by atoms with Gasteiger partial charge in [0, 0.05) is 4.47 Å². The lowest BCUT2D eigenvalue weighted by Gasteiger charge is -1.97. The van der Waals surface area contributed by atoms with Crippen LogP contribution in [0.15, 0.2) is 46.9 Å². The normalized spacial score (nSPS) is 9.10. The largest absolute Gasteiger partial charge is 0.207 e. The molecule has 0 aliphatic carbocycles. The van der Waals surface area contributed by atoms with Crippen LogP contribution in [-0.2, 0) is 12.8 Å². The fourth-order valence-electron chi connectivity index (χ4n) is 1.74. The van der Waals surface area contributed by atoms with Crippen molar-refractivity contribution in [2.45, 2.75) is 47.5 Å². The van der Waals surface area contributed by atoms with Crippen molar-refractivity contribution < 1.29 is 4.39 Å². The molecule has 0 aromatic heterocycles. The fraction of sp³-hybridized carbons (Fsp3) is 0.368. The van der Waals surface area contributed by atoms with Crippen LogP contribution in [0.25, 0.3) is 0 Å². The maximum absolute atomic E-state index is 12.6. The number of hydrogen-bond acceptors (Lipinski definition) is 0. The molecule has 0 amide bonds. The molecule has 0 aliphatic heterocycles. The summed E-state index contributed by atoms with van der Waals surface area (Å²) in [6, 6.07) is 13.5. The van der Waals surface area contributed by atoms with Crippen LogP contribution < -0.4 is 0 Å². The Balaban J connectivity index is 0.000000342. The van der Waals surface area contributed by atoms with E-state index in [9.17, 15) is 4.39 Å². The molecule has 21 heavy (non-hydrogen) atoms. The third kappa shape index (κ3) is 8.67. The third-order valence-electron chi connectivity index (χ3n) is 2.83. The zero-order valence-corrected chi connectivity index (χ0v) is 15.3. The van der Waals surface area contributed by atoms with Crippen LogP contribution >= 0.6 is 15.9 Å². The first-order valence-corrected chi connectivity index (χ1v) is 8.35. The van der Waals surface area contributed by atoms with Crippen LogP contribution in [0, 0.1) is 12.7 Å². The molecule has 0 fully saturated rings. The average molecular weight is 353 g/mol. The van der Waals surface area contributed by atoms with E-state index < -0.39 is 0 Å². The molecular weight excluding hydrogens is 327 g/mol. The Hall–Kier alpha value is -1.15. The van der Waals surface area contributed by atoms with Gasteiger partial charge in [0.05, 0.1) is 0 Å². The standard InChI is InChI=1S/C9H11F.C8H9Br.C2H6/c1-3-8-4-7(2)5-9(10)6-8;1-2-7-3-5-8(9)6-4-7;1-2/h4-6H,3H2,1-2H3;3-6H,2H2,1H3;1-2H3. The molecule has 2 aromatic carbocycles. The molecule has 0 aliphatic rings. The van der Waals surface area contributed by atoms with E-state index in [-0.39, 0.29) is 5.82 Å². The summed E-state index contributed by atoms with van der Waals surface area (Å²) >= 11 is 3.37. The van der Waals surface area contributed by atoms with Crippen LogP contribution in [0.2, 0.25) is 0 Å². The van der Waals surface area contributed by atoms with E-state index in [4.69, 9.17) is 0 Å². The van der Waals surface area contributed by atoms with Gasteiger partial charge in [-0.3, -0.25) is 0 Å². The Morgan fingerprint density at radius 2 is 1.38 bits per heavy atom. The summed E-state index contributed by atoms with van der Waals surface area (Å²) in [7, 11) is 0. The zero-order chi connectivity index (χ0) is 16.3. The summed E-state index contributed by atoms with van der Waals surface area (Å²) in [6.45, 7) is 10.1. The van der Waals surface area contributed by atoms with Crippen molar-refractivity contribution in [1.29, 1.82) is 0 Å². The Morgan fingerprint density at radius 3 is 1.81 bits per heavy atom. The lowest BCUT2D eigenvalue weighted by atomic mass is 10.1. The molecule has 2 rings (SSSR count). The summed E-state index contributed by atoms with van der Waals surface area (Å²) in [5, 5.41) is 0. The maximum Gasteiger partial charge on any atom is 0.123 e. The molecule has 0 unspecified atom stereocenters. The van der Waals surface area contributed by atoms with Crippen molar-refractivity contribution in [1.82, 2.24) is 0 Å². The van der Waals surface area contributed by atoms with Crippen LogP contribution in [0.5, 0.6) is 0 Å². The van der Waals surface area contributed by atoms with Crippen LogP contribution in [0.4, 0.5) is 4.39 Å². The van der Waals surface area contributed by atoms with E-state index in [1.165, 1.54) is 5.56 Å². The average Bonchev–Trinajstić information content (AvgIpc) is 2.50. The first-order valence-electron chi connectivity index (χ1n) is 7.55. The minimum atomic E-state index is -0.128. The molecule has 0 bridgehead atoms. The molecule has 0 saturated carbocycles. The fourth-order valence-corrected chi connectivity index (χ4v) is 2.00. The molecular formula is C19H26BrF. The highest BCUT2D eigenvalue weighted by atomic mass is 79.9. The van der Waals surface area contributed by atoms with Crippen LogP contribution in [0.3, 0.4) is 0 Å². The monoisotopic (exact) mass is 352 g/mol. The number of benzene rings is 2. The molecule has 0 radical (unpaired) electrons. The lowest BCUT2D eigenvalue weighted by Crippen LogP contribution is -1.84. The Kier molecular flexibility index (Phi) is 10.9. The summed E-state index contributed by atoms with van der Waals surface area (Å²) in [5.41, 5.74) is 3.45. The zero-order valence-electron chi connectivity index (χ0n) is 13.7. The van der Waals surface area contributed by atoms with E-state index in [2.05, 4.69) is 47.1 Å². The number of halogens is 2. The second-order valence-corrected chi connectivity index (χ2v) is 5.39. The van der Waals surface area contributed by atoms with E-state index in [0.717, 1.165) is 28.4 Å². The lowest BCUT2D eigenvalue weighted by molar-refractivity contribution is 0.624. The number of hydrogen-bond donors (Lipinski definition) is 0. The Morgan fingerprint density at radius 1 is 0.857 bits per heavy atom. The second kappa shape index (κ2) is 11.5. The summed E-state index contributed by atoms with van der Waals surface area (Å²) in [6.07, 6.45) is 2.02. The molecule has 0 saturated heterocycles. The van der Waals surface area contributed by atoms with Crippen molar-refractivity contribution in [2.24, 2.45) is 0 Å². The number of aryl methyl sites for hydroxylation is 3. The number of rotatable bonds is 2. The predicted octanol–water partition coefficient (Wildman–Crippen LogP) is 6.73. The Labute approximate surface area is 137 Å². The van der Waals surface area contributed by atoms with Gasteiger partial charge in [0.15, 0.2) is 0 Å². The minimum absolute atomic E-state index is 0.128. The van der Waals surface area contributed by atoms with E-state index >= 15 is 0 Å². The van der Waals surface area contributed by atoms with Gasteiger partial charge in [-0.25, -0.2) is 4.39 Å². The van der Waals surface area contributed by atoms with Gasteiger partial charge in [-0.2, -0.15) is 0 Å². The van der Waals surface area contributed by atoms with E-state index in [1.807, 2.05) is 33.8 Å². The van der Waals surface area contributed by atoms with Crippen molar-refractivity contribution in [2.75, 3.05) is 0 Å². The summed E-state index contributed by atoms with van der Waals surface area (Å²) < 4.78 is 13.8. The minimum Gasteiger partial charge on any atom is -0.207 e. The van der Waals surface area contributed by atoms with Crippen LogP contribution in [-0.4, -0.2) is 0 Å². The molecule has 116 valence electrons. The van der Waals surface area contributed by atoms with Gasteiger partial charge in [-0.1, -0.05) is 61.8 Å². The highest BCUT2D eigenvalue weighted by Crippen LogP contribution is 2.10. The van der Waals surface area contributed by atoms with Crippen molar-refractivity contribution in [3.8, 4) is 0 Å². The highest BCUT2D eigenvalue weighted by molar-refractivity contribution is 9.10. The molecule has 0 spiro atoms. The van der Waals surface area contributed by atoms with Gasteiger partial charge < -0.3 is 0 Å². The topological polar surface area (TPSA) is 0 Å². The van der Waals surface area contributed by atoms with Gasteiger partial charge in [0.2, 0.25) is 0 Å². The van der Waals surface area contributed by atoms with Gasteiger partial charge >= 0.3 is 0 Å². The maximum atomic E-state index is 12.6. The third-order valence-corrected chi connectivity index (χ3v) is 3.36. The SMILES string of the molecule is CC.CCc1cc(C)cc(F)c1.CCc1ccc(Br)cc1. The summed E-state index contributed by atoms with van der Waals surface area (Å²) in [5.74, 6) is -0.128. The van der Waals surface area contributed by atoms with Gasteiger partial charge in [-0.15, -0.1) is 0 Å². The second-order valence-electron chi connectivity index (χ2n) is 4.47. The van der Waals surface area contributed by atoms with Gasteiger partial charge in [0.25, 0.3) is 0 Å². The molecule has 2 heteroatoms.